The van der Waals surface area contributed by atoms with Crippen molar-refractivity contribution in [2.45, 2.75) is 0 Å². The first kappa shape index (κ1) is 10.8. The first-order valence-corrected chi connectivity index (χ1v) is 4.61. The molecule has 0 saturated heterocycles. The molecule has 1 aromatic carbocycles. The number of carboxylic acids is 1. The molecule has 0 saturated carbocycles. The van der Waals surface area contributed by atoms with Gasteiger partial charge in [0.25, 0.3) is 5.69 Å². The summed E-state index contributed by atoms with van der Waals surface area (Å²) in [5, 5.41) is 23.5. The molecule has 0 aliphatic carbocycles. The summed E-state index contributed by atoms with van der Waals surface area (Å²) in [5.74, 6) is -1.15. The average molecular weight is 233 g/mol. The van der Waals surface area contributed by atoms with E-state index >= 15 is 0 Å². The highest BCUT2D eigenvalue weighted by atomic mass is 16.6. The molecule has 0 bridgehead atoms. The summed E-state index contributed by atoms with van der Waals surface area (Å²) in [5.41, 5.74) is -0.0975. The third-order valence-corrected chi connectivity index (χ3v) is 2.17. The van der Waals surface area contributed by atoms with Crippen molar-refractivity contribution in [3.63, 3.8) is 0 Å². The van der Waals surface area contributed by atoms with Gasteiger partial charge in [0, 0.05) is 18.5 Å². The first-order chi connectivity index (χ1) is 8.09. The molecular weight excluding hydrogens is 226 g/mol. The van der Waals surface area contributed by atoms with Gasteiger partial charge in [-0.15, -0.1) is 0 Å². The Morgan fingerprint density at radius 1 is 1.47 bits per heavy atom. The molecule has 2 aromatic rings. The predicted octanol–water partition coefficient (Wildman–Crippen LogP) is 1.48. The SMILES string of the molecule is O=C(O)c1ccc([N+](=O)[O-])c(-n2cccn2)c1. The van der Waals surface area contributed by atoms with Crippen LogP contribution in [-0.2, 0) is 0 Å². The monoisotopic (exact) mass is 233 g/mol. The molecule has 7 nitrogen and oxygen atoms in total. The van der Waals surface area contributed by atoms with Gasteiger partial charge >= 0.3 is 5.97 Å². The predicted molar refractivity (Wildman–Crippen MR) is 57.2 cm³/mol. The van der Waals surface area contributed by atoms with Crippen LogP contribution < -0.4 is 0 Å². The fourth-order valence-corrected chi connectivity index (χ4v) is 1.41. The fourth-order valence-electron chi connectivity index (χ4n) is 1.41. The van der Waals surface area contributed by atoms with Gasteiger partial charge in [0.05, 0.1) is 10.5 Å². The van der Waals surface area contributed by atoms with E-state index in [0.29, 0.717) is 0 Å². The Labute approximate surface area is 95.1 Å². The highest BCUT2D eigenvalue weighted by molar-refractivity contribution is 5.89. The number of nitro benzene ring substituents is 1. The number of nitro groups is 1. The molecule has 2 rings (SSSR count). The van der Waals surface area contributed by atoms with Gasteiger partial charge in [-0.25, -0.2) is 9.48 Å². The third kappa shape index (κ3) is 1.98. The van der Waals surface area contributed by atoms with Crippen LogP contribution in [-0.4, -0.2) is 25.8 Å². The maximum Gasteiger partial charge on any atom is 0.335 e. The van der Waals surface area contributed by atoms with Crippen LogP contribution in [0.5, 0.6) is 0 Å². The largest absolute Gasteiger partial charge is 0.478 e. The normalized spacial score (nSPS) is 10.1. The molecule has 86 valence electrons. The van der Waals surface area contributed by atoms with Gasteiger partial charge in [0.15, 0.2) is 0 Å². The summed E-state index contributed by atoms with van der Waals surface area (Å²) in [6, 6.07) is 5.15. The van der Waals surface area contributed by atoms with Crippen molar-refractivity contribution in [3.8, 4) is 5.69 Å². The summed E-state index contributed by atoms with van der Waals surface area (Å²) in [7, 11) is 0. The number of hydrogen-bond donors (Lipinski definition) is 1. The van der Waals surface area contributed by atoms with Gasteiger partial charge in [0.1, 0.15) is 5.69 Å². The molecule has 0 spiro atoms. The van der Waals surface area contributed by atoms with Crippen LogP contribution in [0.1, 0.15) is 10.4 Å². The second-order valence-electron chi connectivity index (χ2n) is 3.22. The van der Waals surface area contributed by atoms with Crippen molar-refractivity contribution >= 4 is 11.7 Å². The van der Waals surface area contributed by atoms with Gasteiger partial charge in [-0.05, 0) is 18.2 Å². The van der Waals surface area contributed by atoms with E-state index in [1.165, 1.54) is 29.2 Å². The van der Waals surface area contributed by atoms with Crippen LogP contribution in [0.3, 0.4) is 0 Å². The number of aromatic carboxylic acids is 1. The molecule has 1 aromatic heterocycles. The average Bonchev–Trinajstić information content (AvgIpc) is 2.81. The van der Waals surface area contributed by atoms with E-state index in [0.717, 1.165) is 6.07 Å². The molecule has 0 radical (unpaired) electrons. The zero-order valence-electron chi connectivity index (χ0n) is 8.48. The molecular formula is C10H7N3O4. The lowest BCUT2D eigenvalue weighted by Gasteiger charge is -2.04. The number of carboxylic acid groups (broad SMARTS) is 1. The number of carbonyl (C=O) groups is 1. The van der Waals surface area contributed by atoms with Gasteiger partial charge < -0.3 is 5.11 Å². The molecule has 0 aliphatic rings. The van der Waals surface area contributed by atoms with E-state index in [1.807, 2.05) is 0 Å². The van der Waals surface area contributed by atoms with Crippen LogP contribution in [0.15, 0.2) is 36.7 Å². The van der Waals surface area contributed by atoms with Crippen LogP contribution in [0, 0.1) is 10.1 Å². The summed E-state index contributed by atoms with van der Waals surface area (Å²) in [6.07, 6.45) is 2.96. The Hall–Kier alpha value is -2.70. The van der Waals surface area contributed by atoms with Crippen molar-refractivity contribution in [1.82, 2.24) is 9.78 Å². The number of nitrogens with zero attached hydrogens (tertiary/aromatic N) is 3. The van der Waals surface area contributed by atoms with Gasteiger partial charge in [-0.1, -0.05) is 0 Å². The minimum Gasteiger partial charge on any atom is -0.478 e. The van der Waals surface area contributed by atoms with Crippen LogP contribution >= 0.6 is 0 Å². The standard InChI is InChI=1S/C10H7N3O4/c14-10(15)7-2-3-8(13(16)17)9(6-7)12-5-1-4-11-12/h1-6H,(H,14,15). The van der Waals surface area contributed by atoms with Crippen molar-refractivity contribution in [1.29, 1.82) is 0 Å². The molecule has 0 amide bonds. The van der Waals surface area contributed by atoms with Gasteiger partial charge in [0.2, 0.25) is 0 Å². The van der Waals surface area contributed by atoms with E-state index in [2.05, 4.69) is 5.10 Å². The third-order valence-electron chi connectivity index (χ3n) is 2.17. The topological polar surface area (TPSA) is 98.3 Å². The van der Waals surface area contributed by atoms with E-state index in [-0.39, 0.29) is 16.9 Å². The summed E-state index contributed by atoms with van der Waals surface area (Å²) in [4.78, 5) is 21.0. The lowest BCUT2D eigenvalue weighted by atomic mass is 10.2. The van der Waals surface area contributed by atoms with Crippen LogP contribution in [0.4, 0.5) is 5.69 Å². The Morgan fingerprint density at radius 2 is 2.24 bits per heavy atom. The fraction of sp³-hybridized carbons (Fsp3) is 0. The smallest absolute Gasteiger partial charge is 0.335 e. The lowest BCUT2D eigenvalue weighted by molar-refractivity contribution is -0.384. The number of benzene rings is 1. The molecule has 1 N–H and O–H groups in total. The second kappa shape index (κ2) is 4.05. The summed E-state index contributed by atoms with van der Waals surface area (Å²) in [6.45, 7) is 0. The molecule has 0 unspecified atom stereocenters. The molecule has 0 aliphatic heterocycles. The Balaban J connectivity index is 2.64. The van der Waals surface area contributed by atoms with E-state index in [1.54, 1.807) is 6.07 Å². The molecule has 0 fully saturated rings. The first-order valence-electron chi connectivity index (χ1n) is 4.61. The van der Waals surface area contributed by atoms with E-state index in [9.17, 15) is 14.9 Å². The lowest BCUT2D eigenvalue weighted by Crippen LogP contribution is -2.04. The maximum absolute atomic E-state index is 10.8. The number of aromatic nitrogens is 2. The van der Waals surface area contributed by atoms with Crippen LogP contribution in [0.2, 0.25) is 0 Å². The minimum atomic E-state index is -1.15. The highest BCUT2D eigenvalue weighted by Crippen LogP contribution is 2.23. The van der Waals surface area contributed by atoms with Gasteiger partial charge in [-0.2, -0.15) is 5.10 Å². The summed E-state index contributed by atoms with van der Waals surface area (Å²) < 4.78 is 1.25. The number of rotatable bonds is 3. The van der Waals surface area contributed by atoms with Crippen LogP contribution in [0.25, 0.3) is 5.69 Å². The molecule has 1 heterocycles. The van der Waals surface area contributed by atoms with E-state index in [4.69, 9.17) is 5.11 Å². The quantitative estimate of drug-likeness (QED) is 0.639. The highest BCUT2D eigenvalue weighted by Gasteiger charge is 2.18. The van der Waals surface area contributed by atoms with Gasteiger partial charge in [-0.3, -0.25) is 10.1 Å². The Bertz CT molecular complexity index is 577. The minimum absolute atomic E-state index is 0.0268. The van der Waals surface area contributed by atoms with Crippen molar-refractivity contribution < 1.29 is 14.8 Å². The molecule has 7 heteroatoms. The molecule has 0 atom stereocenters. The van der Waals surface area contributed by atoms with Crippen molar-refractivity contribution in [2.75, 3.05) is 0 Å². The maximum atomic E-state index is 10.8. The Kier molecular flexibility index (Phi) is 2.57. The van der Waals surface area contributed by atoms with Crippen molar-refractivity contribution in [2.24, 2.45) is 0 Å². The van der Waals surface area contributed by atoms with Crippen molar-refractivity contribution in [3.05, 3.63) is 52.3 Å². The Morgan fingerprint density at radius 3 is 2.76 bits per heavy atom. The summed E-state index contributed by atoms with van der Waals surface area (Å²) >= 11 is 0. The zero-order chi connectivity index (χ0) is 12.4. The molecule has 17 heavy (non-hydrogen) atoms. The number of hydrogen-bond acceptors (Lipinski definition) is 4. The zero-order valence-corrected chi connectivity index (χ0v) is 8.48. The van der Waals surface area contributed by atoms with E-state index < -0.39 is 10.9 Å². The second-order valence-corrected chi connectivity index (χ2v) is 3.22.